The molecule has 0 saturated carbocycles. The van der Waals surface area contributed by atoms with Gasteiger partial charge in [0, 0.05) is 6.42 Å². The Labute approximate surface area is 129 Å². The normalized spacial score (nSPS) is 10.5. The van der Waals surface area contributed by atoms with Crippen molar-refractivity contribution in [3.63, 3.8) is 0 Å². The summed E-state index contributed by atoms with van der Waals surface area (Å²) in [5.74, 6) is 0.596. The first kappa shape index (κ1) is 15.6. The third kappa shape index (κ3) is 4.34. The van der Waals surface area contributed by atoms with Gasteiger partial charge in [-0.15, -0.1) is 0 Å². The van der Waals surface area contributed by atoms with E-state index in [0.717, 1.165) is 11.3 Å². The SMILES string of the molecule is CCC(=O)Oc1ccc(C=NNc2ccccc2)cc1OC. The molecule has 5 heteroatoms. The summed E-state index contributed by atoms with van der Waals surface area (Å²) in [6.45, 7) is 1.74. The first-order valence-corrected chi connectivity index (χ1v) is 6.95. The molecule has 0 bridgehead atoms. The number of para-hydroxylation sites is 1. The summed E-state index contributed by atoms with van der Waals surface area (Å²) in [4.78, 5) is 11.3. The van der Waals surface area contributed by atoms with Crippen LogP contribution in [0, 0.1) is 0 Å². The van der Waals surface area contributed by atoms with Crippen LogP contribution in [0.5, 0.6) is 11.5 Å². The fourth-order valence-corrected chi connectivity index (χ4v) is 1.74. The summed E-state index contributed by atoms with van der Waals surface area (Å²) in [5.41, 5.74) is 4.66. The number of hydrogen-bond donors (Lipinski definition) is 1. The number of esters is 1. The van der Waals surface area contributed by atoms with Crippen molar-refractivity contribution >= 4 is 17.9 Å². The van der Waals surface area contributed by atoms with Crippen molar-refractivity contribution in [1.82, 2.24) is 0 Å². The van der Waals surface area contributed by atoms with Crippen molar-refractivity contribution in [2.45, 2.75) is 13.3 Å². The Bertz CT molecular complexity index is 654. The highest BCUT2D eigenvalue weighted by Crippen LogP contribution is 2.27. The molecule has 0 aliphatic carbocycles. The molecule has 22 heavy (non-hydrogen) atoms. The topological polar surface area (TPSA) is 59.9 Å². The number of anilines is 1. The van der Waals surface area contributed by atoms with Crippen LogP contribution in [0.3, 0.4) is 0 Å². The first-order chi connectivity index (χ1) is 10.7. The van der Waals surface area contributed by atoms with Gasteiger partial charge in [-0.2, -0.15) is 5.10 Å². The maximum Gasteiger partial charge on any atom is 0.311 e. The number of ether oxygens (including phenoxy) is 2. The van der Waals surface area contributed by atoms with E-state index in [4.69, 9.17) is 9.47 Å². The van der Waals surface area contributed by atoms with E-state index in [-0.39, 0.29) is 5.97 Å². The van der Waals surface area contributed by atoms with E-state index >= 15 is 0 Å². The van der Waals surface area contributed by atoms with Crippen molar-refractivity contribution in [2.24, 2.45) is 5.10 Å². The smallest absolute Gasteiger partial charge is 0.311 e. The third-order valence-corrected chi connectivity index (χ3v) is 2.88. The average molecular weight is 298 g/mol. The van der Waals surface area contributed by atoms with Crippen molar-refractivity contribution < 1.29 is 14.3 Å². The molecule has 114 valence electrons. The van der Waals surface area contributed by atoms with Crippen LogP contribution in [0.2, 0.25) is 0 Å². The molecule has 0 aliphatic rings. The summed E-state index contributed by atoms with van der Waals surface area (Å²) in [7, 11) is 1.53. The van der Waals surface area contributed by atoms with Gasteiger partial charge < -0.3 is 9.47 Å². The van der Waals surface area contributed by atoms with Gasteiger partial charge in [-0.1, -0.05) is 25.1 Å². The summed E-state index contributed by atoms with van der Waals surface area (Å²) in [5, 5.41) is 4.16. The predicted octanol–water partition coefficient (Wildman–Crippen LogP) is 3.46. The van der Waals surface area contributed by atoms with Crippen LogP contribution in [0.4, 0.5) is 5.69 Å². The predicted molar refractivity (Wildman–Crippen MR) is 86.6 cm³/mol. The number of rotatable bonds is 6. The number of carbonyl (C=O) groups excluding carboxylic acids is 1. The van der Waals surface area contributed by atoms with E-state index < -0.39 is 0 Å². The lowest BCUT2D eigenvalue weighted by Gasteiger charge is -2.09. The number of methoxy groups -OCH3 is 1. The minimum atomic E-state index is -0.300. The minimum Gasteiger partial charge on any atom is -0.493 e. The Kier molecular flexibility index (Phi) is 5.54. The van der Waals surface area contributed by atoms with Gasteiger partial charge in [0.15, 0.2) is 11.5 Å². The lowest BCUT2D eigenvalue weighted by Crippen LogP contribution is -2.06. The summed E-state index contributed by atoms with van der Waals surface area (Å²) < 4.78 is 10.4. The largest absolute Gasteiger partial charge is 0.493 e. The van der Waals surface area contributed by atoms with E-state index in [1.54, 1.807) is 31.3 Å². The van der Waals surface area contributed by atoms with Gasteiger partial charge in [-0.05, 0) is 35.9 Å². The molecule has 1 N–H and O–H groups in total. The molecule has 0 fully saturated rings. The van der Waals surface area contributed by atoms with Crippen LogP contribution >= 0.6 is 0 Å². The summed E-state index contributed by atoms with van der Waals surface area (Å²) in [6.07, 6.45) is 1.98. The minimum absolute atomic E-state index is 0.300. The molecule has 2 aromatic rings. The van der Waals surface area contributed by atoms with Crippen LogP contribution in [0.15, 0.2) is 53.6 Å². The Morgan fingerprint density at radius 2 is 1.95 bits per heavy atom. The molecule has 0 aliphatic heterocycles. The van der Waals surface area contributed by atoms with Gasteiger partial charge in [0.2, 0.25) is 0 Å². The van der Waals surface area contributed by atoms with E-state index in [0.29, 0.717) is 17.9 Å². The molecule has 0 atom stereocenters. The van der Waals surface area contributed by atoms with Gasteiger partial charge in [-0.3, -0.25) is 10.2 Å². The zero-order valence-electron chi connectivity index (χ0n) is 12.6. The number of hydrazone groups is 1. The second kappa shape index (κ2) is 7.83. The van der Waals surface area contributed by atoms with Crippen molar-refractivity contribution in [2.75, 3.05) is 12.5 Å². The molecule has 2 rings (SSSR count). The van der Waals surface area contributed by atoms with Crippen molar-refractivity contribution in [3.05, 3.63) is 54.1 Å². The molecule has 0 amide bonds. The monoisotopic (exact) mass is 298 g/mol. The number of nitrogens with zero attached hydrogens (tertiary/aromatic N) is 1. The van der Waals surface area contributed by atoms with Gasteiger partial charge in [-0.25, -0.2) is 0 Å². The van der Waals surface area contributed by atoms with Crippen LogP contribution < -0.4 is 14.9 Å². The lowest BCUT2D eigenvalue weighted by atomic mass is 10.2. The highest BCUT2D eigenvalue weighted by molar-refractivity contribution is 5.82. The van der Waals surface area contributed by atoms with Crippen LogP contribution in [0.25, 0.3) is 0 Å². The van der Waals surface area contributed by atoms with Crippen LogP contribution in [0.1, 0.15) is 18.9 Å². The van der Waals surface area contributed by atoms with Gasteiger partial charge >= 0.3 is 5.97 Å². The molecule has 2 aromatic carbocycles. The highest BCUT2D eigenvalue weighted by Gasteiger charge is 2.08. The quantitative estimate of drug-likeness (QED) is 0.384. The van der Waals surface area contributed by atoms with Crippen LogP contribution in [-0.4, -0.2) is 19.3 Å². The molecule has 0 heterocycles. The molecule has 0 saturated heterocycles. The molecule has 0 aromatic heterocycles. The molecular formula is C17H18N2O3. The molecule has 0 spiro atoms. The van der Waals surface area contributed by atoms with Crippen molar-refractivity contribution in [3.8, 4) is 11.5 Å². The Balaban J connectivity index is 2.07. The Morgan fingerprint density at radius 1 is 1.18 bits per heavy atom. The summed E-state index contributed by atoms with van der Waals surface area (Å²) in [6, 6.07) is 14.9. The van der Waals surface area contributed by atoms with Crippen LogP contribution in [-0.2, 0) is 4.79 Å². The molecule has 0 unspecified atom stereocenters. The van der Waals surface area contributed by atoms with E-state index in [1.807, 2.05) is 30.3 Å². The fourth-order valence-electron chi connectivity index (χ4n) is 1.74. The van der Waals surface area contributed by atoms with Gasteiger partial charge in [0.1, 0.15) is 0 Å². The van der Waals surface area contributed by atoms with Crippen molar-refractivity contribution in [1.29, 1.82) is 0 Å². The second-order valence-corrected chi connectivity index (χ2v) is 4.47. The molecular weight excluding hydrogens is 280 g/mol. The lowest BCUT2D eigenvalue weighted by molar-refractivity contribution is -0.134. The molecule has 5 nitrogen and oxygen atoms in total. The van der Waals surface area contributed by atoms with E-state index in [1.165, 1.54) is 7.11 Å². The number of benzene rings is 2. The standard InChI is InChI=1S/C17H18N2O3/c1-3-17(20)22-15-10-9-13(11-16(15)21-2)12-18-19-14-7-5-4-6-8-14/h4-12,19H,3H2,1-2H3. The van der Waals surface area contributed by atoms with Gasteiger partial charge in [0.25, 0.3) is 0 Å². The number of carbonyl (C=O) groups is 1. The average Bonchev–Trinajstić information content (AvgIpc) is 2.56. The highest BCUT2D eigenvalue weighted by atomic mass is 16.6. The number of hydrogen-bond acceptors (Lipinski definition) is 5. The maximum absolute atomic E-state index is 11.3. The third-order valence-electron chi connectivity index (χ3n) is 2.88. The number of nitrogens with one attached hydrogen (secondary N) is 1. The van der Waals surface area contributed by atoms with E-state index in [9.17, 15) is 4.79 Å². The van der Waals surface area contributed by atoms with E-state index in [2.05, 4.69) is 10.5 Å². The fraction of sp³-hybridized carbons (Fsp3) is 0.176. The summed E-state index contributed by atoms with van der Waals surface area (Å²) >= 11 is 0. The second-order valence-electron chi connectivity index (χ2n) is 4.47. The zero-order valence-corrected chi connectivity index (χ0v) is 12.6. The zero-order chi connectivity index (χ0) is 15.8. The maximum atomic E-state index is 11.3. The Hall–Kier alpha value is -2.82. The first-order valence-electron chi connectivity index (χ1n) is 6.95. The molecule has 0 radical (unpaired) electrons. The van der Waals surface area contributed by atoms with Gasteiger partial charge in [0.05, 0.1) is 19.0 Å². The Morgan fingerprint density at radius 3 is 2.64 bits per heavy atom.